The van der Waals surface area contributed by atoms with Gasteiger partial charge in [0.1, 0.15) is 0 Å². The lowest BCUT2D eigenvalue weighted by atomic mass is 9.96. The van der Waals surface area contributed by atoms with Crippen molar-refractivity contribution in [2.45, 2.75) is 18.9 Å². The van der Waals surface area contributed by atoms with Crippen molar-refractivity contribution in [1.82, 2.24) is 0 Å². The Morgan fingerprint density at radius 1 is 1.58 bits per heavy atom. The number of hydrogen-bond donors (Lipinski definition) is 1. The first-order valence-electron chi connectivity index (χ1n) is 6.02. The highest BCUT2D eigenvalue weighted by atomic mass is 79.9. The third-order valence-corrected chi connectivity index (χ3v) is 4.57. The minimum atomic E-state index is -0.159. The largest absolute Gasteiger partial charge is 0.385 e. The van der Waals surface area contributed by atoms with Crippen LogP contribution in [0.1, 0.15) is 13.3 Å². The van der Waals surface area contributed by atoms with Crippen LogP contribution in [0.15, 0.2) is 27.7 Å². The molecule has 0 saturated carbocycles. The molecule has 2 N–H and O–H groups in total. The molecule has 2 rings (SSSR count). The summed E-state index contributed by atoms with van der Waals surface area (Å²) in [4.78, 5) is 6.42. The lowest BCUT2D eigenvalue weighted by molar-refractivity contribution is 0.175. The van der Waals surface area contributed by atoms with Crippen molar-refractivity contribution in [3.8, 4) is 0 Å². The van der Waals surface area contributed by atoms with Crippen molar-refractivity contribution in [1.29, 1.82) is 0 Å². The second-order valence-electron chi connectivity index (χ2n) is 4.85. The van der Waals surface area contributed by atoms with Gasteiger partial charge in [0.25, 0.3) is 0 Å². The van der Waals surface area contributed by atoms with E-state index in [0.717, 1.165) is 16.6 Å². The molecule has 1 aromatic rings. The van der Waals surface area contributed by atoms with E-state index in [2.05, 4.69) is 27.8 Å². The minimum absolute atomic E-state index is 0.159. The van der Waals surface area contributed by atoms with E-state index in [-0.39, 0.29) is 5.54 Å². The number of nitrogens with two attached hydrogens (primary N) is 1. The third-order valence-electron chi connectivity index (χ3n) is 3.36. The van der Waals surface area contributed by atoms with Crippen molar-refractivity contribution in [3.05, 3.63) is 27.7 Å². The van der Waals surface area contributed by atoms with Crippen LogP contribution < -0.4 is 10.6 Å². The lowest BCUT2D eigenvalue weighted by Crippen LogP contribution is -2.50. The molecule has 6 heteroatoms. The number of nitrogens with zero attached hydrogens (tertiary/aromatic N) is 2. The predicted octanol–water partition coefficient (Wildman–Crippen LogP) is 3.03. The summed E-state index contributed by atoms with van der Waals surface area (Å²) in [6.45, 7) is 3.48. The number of benzene rings is 1. The molecule has 0 amide bonds. The first kappa shape index (κ1) is 14.6. The Morgan fingerprint density at radius 2 is 2.32 bits per heavy atom. The third kappa shape index (κ3) is 2.88. The standard InChI is InChI=1S/C13H17BrClN3O/c1-13(5-6-19-2)8-17-12(16)18(13)9-3-4-11(15)10(14)7-9/h3-4,7H,5-6,8H2,1-2H3,(H2,16,17). The average Bonchev–Trinajstić information content (AvgIpc) is 2.67. The van der Waals surface area contributed by atoms with E-state index in [4.69, 9.17) is 22.1 Å². The van der Waals surface area contributed by atoms with Gasteiger partial charge in [-0.25, -0.2) is 0 Å². The van der Waals surface area contributed by atoms with Crippen molar-refractivity contribution in [2.75, 3.05) is 25.2 Å². The summed E-state index contributed by atoms with van der Waals surface area (Å²) in [5, 5.41) is 0.678. The molecule has 104 valence electrons. The van der Waals surface area contributed by atoms with Crippen LogP contribution in [0, 0.1) is 0 Å². The molecule has 1 aromatic carbocycles. The van der Waals surface area contributed by atoms with Gasteiger partial charge in [-0.3, -0.25) is 4.99 Å². The van der Waals surface area contributed by atoms with Crippen molar-refractivity contribution in [2.24, 2.45) is 10.7 Å². The number of aliphatic imine (C=N–C) groups is 1. The Labute approximate surface area is 126 Å². The van der Waals surface area contributed by atoms with E-state index in [0.29, 0.717) is 24.1 Å². The Morgan fingerprint density at radius 3 is 2.95 bits per heavy atom. The van der Waals surface area contributed by atoms with E-state index in [1.165, 1.54) is 0 Å². The summed E-state index contributed by atoms with van der Waals surface area (Å²) in [6, 6.07) is 5.76. The molecule has 1 aliphatic rings. The summed E-state index contributed by atoms with van der Waals surface area (Å²) in [5.41, 5.74) is 6.85. The molecule has 0 spiro atoms. The summed E-state index contributed by atoms with van der Waals surface area (Å²) < 4.78 is 6.03. The Balaban J connectivity index is 2.33. The maximum absolute atomic E-state index is 6.03. The van der Waals surface area contributed by atoms with Gasteiger partial charge in [0, 0.05) is 23.9 Å². The number of rotatable bonds is 4. The Bertz CT molecular complexity index is 509. The molecule has 1 heterocycles. The predicted molar refractivity (Wildman–Crippen MR) is 83.0 cm³/mol. The number of ether oxygens (including phenoxy) is 1. The minimum Gasteiger partial charge on any atom is -0.385 e. The zero-order valence-corrected chi connectivity index (χ0v) is 13.3. The zero-order chi connectivity index (χ0) is 14.0. The SMILES string of the molecule is COCCC1(C)CN=C(N)N1c1ccc(Cl)c(Br)c1. The van der Waals surface area contributed by atoms with E-state index < -0.39 is 0 Å². The highest BCUT2D eigenvalue weighted by Gasteiger charge is 2.38. The maximum atomic E-state index is 6.03. The highest BCUT2D eigenvalue weighted by Crippen LogP contribution is 2.34. The van der Waals surface area contributed by atoms with Crippen LogP contribution in [0.2, 0.25) is 5.02 Å². The molecule has 4 nitrogen and oxygen atoms in total. The van der Waals surface area contributed by atoms with Crippen molar-refractivity contribution >= 4 is 39.2 Å². The second kappa shape index (κ2) is 5.69. The van der Waals surface area contributed by atoms with Crippen molar-refractivity contribution < 1.29 is 4.74 Å². The number of methoxy groups -OCH3 is 1. The topological polar surface area (TPSA) is 50.9 Å². The van der Waals surface area contributed by atoms with Gasteiger partial charge in [0.05, 0.1) is 17.1 Å². The second-order valence-corrected chi connectivity index (χ2v) is 6.11. The highest BCUT2D eigenvalue weighted by molar-refractivity contribution is 9.10. The smallest absolute Gasteiger partial charge is 0.196 e. The molecule has 0 bridgehead atoms. The van der Waals surface area contributed by atoms with Crippen LogP contribution >= 0.6 is 27.5 Å². The monoisotopic (exact) mass is 345 g/mol. The van der Waals surface area contributed by atoms with Crippen LogP contribution in [0.3, 0.4) is 0 Å². The van der Waals surface area contributed by atoms with E-state index in [1.54, 1.807) is 7.11 Å². The molecule has 19 heavy (non-hydrogen) atoms. The molecule has 0 saturated heterocycles. The van der Waals surface area contributed by atoms with Crippen molar-refractivity contribution in [3.63, 3.8) is 0 Å². The summed E-state index contributed by atoms with van der Waals surface area (Å²) in [6.07, 6.45) is 0.855. The molecule has 0 fully saturated rings. The average molecular weight is 347 g/mol. The zero-order valence-electron chi connectivity index (χ0n) is 11.0. The molecular formula is C13H17BrClN3O. The molecule has 0 aliphatic carbocycles. The van der Waals surface area contributed by atoms with E-state index in [1.807, 2.05) is 23.1 Å². The van der Waals surface area contributed by atoms with Crippen LogP contribution in [-0.4, -0.2) is 31.8 Å². The van der Waals surface area contributed by atoms with Gasteiger partial charge in [-0.15, -0.1) is 0 Å². The Hall–Kier alpha value is -0.780. The fourth-order valence-corrected chi connectivity index (χ4v) is 2.73. The van der Waals surface area contributed by atoms with Gasteiger partial charge in [0.15, 0.2) is 5.96 Å². The number of hydrogen-bond acceptors (Lipinski definition) is 4. The van der Waals surface area contributed by atoms with Gasteiger partial charge in [-0.1, -0.05) is 11.6 Å². The molecular weight excluding hydrogens is 330 g/mol. The molecule has 1 aliphatic heterocycles. The fraction of sp³-hybridized carbons (Fsp3) is 0.462. The lowest BCUT2D eigenvalue weighted by Gasteiger charge is -2.36. The molecule has 0 radical (unpaired) electrons. The quantitative estimate of drug-likeness (QED) is 0.911. The van der Waals surface area contributed by atoms with Gasteiger partial charge in [0.2, 0.25) is 0 Å². The number of guanidine groups is 1. The molecule has 1 unspecified atom stereocenters. The first-order chi connectivity index (χ1) is 8.98. The normalized spacial score (nSPS) is 22.7. The van der Waals surface area contributed by atoms with Gasteiger partial charge < -0.3 is 15.4 Å². The van der Waals surface area contributed by atoms with Gasteiger partial charge in [-0.2, -0.15) is 0 Å². The van der Waals surface area contributed by atoms with Gasteiger partial charge in [-0.05, 0) is 47.5 Å². The summed E-state index contributed by atoms with van der Waals surface area (Å²) in [5.74, 6) is 0.535. The molecule has 0 aromatic heterocycles. The van der Waals surface area contributed by atoms with Crippen LogP contribution in [0.4, 0.5) is 5.69 Å². The summed E-state index contributed by atoms with van der Waals surface area (Å²) >= 11 is 9.47. The van der Waals surface area contributed by atoms with Gasteiger partial charge >= 0.3 is 0 Å². The molecule has 1 atom stereocenters. The van der Waals surface area contributed by atoms with Crippen LogP contribution in [0.25, 0.3) is 0 Å². The fourth-order valence-electron chi connectivity index (χ4n) is 2.25. The van der Waals surface area contributed by atoms with Crippen LogP contribution in [0.5, 0.6) is 0 Å². The number of anilines is 1. The Kier molecular flexibility index (Phi) is 4.38. The van der Waals surface area contributed by atoms with Crippen LogP contribution in [-0.2, 0) is 4.74 Å². The maximum Gasteiger partial charge on any atom is 0.196 e. The van der Waals surface area contributed by atoms with E-state index in [9.17, 15) is 0 Å². The van der Waals surface area contributed by atoms with E-state index >= 15 is 0 Å². The number of halogens is 2. The summed E-state index contributed by atoms with van der Waals surface area (Å²) in [7, 11) is 1.70. The first-order valence-corrected chi connectivity index (χ1v) is 7.19.